The molecule has 3 nitrogen and oxygen atoms in total. The van der Waals surface area contributed by atoms with Crippen molar-refractivity contribution < 1.29 is 9.84 Å². The first kappa shape index (κ1) is 16.3. The number of ether oxygens (including phenoxy) is 1. The average molecular weight is 283 g/mol. The Bertz CT molecular complexity index is 285. The first-order valence-electron chi connectivity index (χ1n) is 8.49. The molecule has 2 aliphatic carbocycles. The lowest BCUT2D eigenvalue weighted by Crippen LogP contribution is -2.43. The lowest BCUT2D eigenvalue weighted by atomic mass is 9.90. The highest BCUT2D eigenvalue weighted by molar-refractivity contribution is 4.89. The highest BCUT2D eigenvalue weighted by atomic mass is 16.5. The second-order valence-corrected chi connectivity index (χ2v) is 7.51. The van der Waals surface area contributed by atoms with E-state index in [4.69, 9.17) is 4.74 Å². The fourth-order valence-corrected chi connectivity index (χ4v) is 4.25. The summed E-state index contributed by atoms with van der Waals surface area (Å²) in [6.45, 7) is 10.8. The molecule has 20 heavy (non-hydrogen) atoms. The zero-order chi connectivity index (χ0) is 14.7. The van der Waals surface area contributed by atoms with Crippen LogP contribution in [-0.4, -0.2) is 48.0 Å². The summed E-state index contributed by atoms with van der Waals surface area (Å²) in [6, 6.07) is 0.936. The number of aliphatic hydroxyl groups is 1. The van der Waals surface area contributed by atoms with Gasteiger partial charge in [-0.3, -0.25) is 4.90 Å². The first-order valence-corrected chi connectivity index (χ1v) is 8.49. The van der Waals surface area contributed by atoms with E-state index in [0.717, 1.165) is 24.4 Å². The van der Waals surface area contributed by atoms with Crippen LogP contribution in [0, 0.1) is 17.8 Å². The minimum absolute atomic E-state index is 0.363. The summed E-state index contributed by atoms with van der Waals surface area (Å²) in [4.78, 5) is 2.32. The molecule has 0 unspecified atom stereocenters. The van der Waals surface area contributed by atoms with Crippen molar-refractivity contribution in [1.82, 2.24) is 4.90 Å². The third-order valence-corrected chi connectivity index (χ3v) is 5.27. The smallest absolute Gasteiger partial charge is 0.0900 e. The Balaban J connectivity index is 1.63. The molecule has 0 aliphatic heterocycles. The van der Waals surface area contributed by atoms with E-state index in [-0.39, 0.29) is 6.10 Å². The van der Waals surface area contributed by atoms with Gasteiger partial charge in [-0.2, -0.15) is 0 Å². The summed E-state index contributed by atoms with van der Waals surface area (Å²) < 4.78 is 5.82. The number of aliphatic hydroxyl groups excluding tert-OH is 1. The first-order chi connectivity index (χ1) is 9.47. The lowest BCUT2D eigenvalue weighted by Gasteiger charge is -2.32. The van der Waals surface area contributed by atoms with Gasteiger partial charge in [-0.15, -0.1) is 0 Å². The highest BCUT2D eigenvalue weighted by Crippen LogP contribution is 2.48. The molecular formula is C17H33NO2. The standard InChI is InChI=1S/C17H33NO2/c1-12(2)18(13(3)4)9-17(19)11-20-10-16-8-14-5-6-15(16)7-14/h12-17,19H,5-11H2,1-4H3/t14-,15-,16+,17+/m0/s1. The number of rotatable bonds is 8. The molecule has 4 atom stereocenters. The summed E-state index contributed by atoms with van der Waals surface area (Å²) >= 11 is 0. The van der Waals surface area contributed by atoms with Crippen LogP contribution in [-0.2, 0) is 4.74 Å². The Morgan fingerprint density at radius 3 is 2.30 bits per heavy atom. The third kappa shape index (κ3) is 4.19. The average Bonchev–Trinajstić information content (AvgIpc) is 2.97. The zero-order valence-corrected chi connectivity index (χ0v) is 13.7. The summed E-state index contributed by atoms with van der Waals surface area (Å²) in [6.07, 6.45) is 5.30. The van der Waals surface area contributed by atoms with Crippen molar-refractivity contribution in [2.45, 2.75) is 71.6 Å². The summed E-state index contributed by atoms with van der Waals surface area (Å²) in [5.41, 5.74) is 0. The van der Waals surface area contributed by atoms with Crippen molar-refractivity contribution in [2.75, 3.05) is 19.8 Å². The van der Waals surface area contributed by atoms with E-state index in [9.17, 15) is 5.11 Å². The van der Waals surface area contributed by atoms with Crippen LogP contribution in [0.5, 0.6) is 0 Å². The predicted molar refractivity (Wildman–Crippen MR) is 82.7 cm³/mol. The van der Waals surface area contributed by atoms with Crippen molar-refractivity contribution in [2.24, 2.45) is 17.8 Å². The van der Waals surface area contributed by atoms with E-state index >= 15 is 0 Å². The Morgan fingerprint density at radius 2 is 1.80 bits per heavy atom. The second kappa shape index (κ2) is 7.24. The molecule has 118 valence electrons. The van der Waals surface area contributed by atoms with E-state index in [0.29, 0.717) is 25.2 Å². The summed E-state index contributed by atoms with van der Waals surface area (Å²) in [7, 11) is 0. The van der Waals surface area contributed by atoms with Crippen molar-refractivity contribution in [3.8, 4) is 0 Å². The van der Waals surface area contributed by atoms with Gasteiger partial charge in [0.25, 0.3) is 0 Å². The van der Waals surface area contributed by atoms with Crippen LogP contribution >= 0.6 is 0 Å². The van der Waals surface area contributed by atoms with Gasteiger partial charge in [-0.25, -0.2) is 0 Å². The number of nitrogens with zero attached hydrogens (tertiary/aromatic N) is 1. The van der Waals surface area contributed by atoms with Gasteiger partial charge in [-0.05, 0) is 64.7 Å². The van der Waals surface area contributed by atoms with Gasteiger partial charge < -0.3 is 9.84 Å². The van der Waals surface area contributed by atoms with Gasteiger partial charge in [0.05, 0.1) is 12.7 Å². The van der Waals surface area contributed by atoms with Crippen LogP contribution in [0.1, 0.15) is 53.4 Å². The highest BCUT2D eigenvalue weighted by Gasteiger charge is 2.39. The maximum Gasteiger partial charge on any atom is 0.0900 e. The molecule has 3 heteroatoms. The molecule has 0 spiro atoms. The topological polar surface area (TPSA) is 32.7 Å². The van der Waals surface area contributed by atoms with Crippen LogP contribution in [0.25, 0.3) is 0 Å². The molecule has 2 bridgehead atoms. The lowest BCUT2D eigenvalue weighted by molar-refractivity contribution is -0.0113. The molecule has 0 amide bonds. The maximum atomic E-state index is 10.2. The van der Waals surface area contributed by atoms with E-state index in [1.807, 2.05) is 0 Å². The molecule has 0 aromatic rings. The van der Waals surface area contributed by atoms with Crippen LogP contribution in [0.3, 0.4) is 0 Å². The Morgan fingerprint density at radius 1 is 1.10 bits per heavy atom. The molecule has 2 rings (SSSR count). The Kier molecular flexibility index (Phi) is 5.88. The van der Waals surface area contributed by atoms with Crippen molar-refractivity contribution in [1.29, 1.82) is 0 Å². The van der Waals surface area contributed by atoms with Gasteiger partial charge in [-0.1, -0.05) is 6.42 Å². The molecule has 0 radical (unpaired) electrons. The van der Waals surface area contributed by atoms with Crippen molar-refractivity contribution in [3.05, 3.63) is 0 Å². The Hall–Kier alpha value is -0.120. The van der Waals surface area contributed by atoms with E-state index in [1.54, 1.807) is 0 Å². The molecule has 0 aromatic carbocycles. The second-order valence-electron chi connectivity index (χ2n) is 7.51. The minimum atomic E-state index is -0.363. The van der Waals surface area contributed by atoms with Gasteiger partial charge in [0, 0.05) is 25.2 Å². The zero-order valence-electron chi connectivity index (χ0n) is 13.7. The molecule has 2 fully saturated rings. The fourth-order valence-electron chi connectivity index (χ4n) is 4.25. The normalized spacial score (nSPS) is 30.9. The monoisotopic (exact) mass is 283 g/mol. The number of fused-ring (bicyclic) bond motifs is 2. The fraction of sp³-hybridized carbons (Fsp3) is 1.00. The molecular weight excluding hydrogens is 250 g/mol. The quantitative estimate of drug-likeness (QED) is 0.743. The van der Waals surface area contributed by atoms with Crippen LogP contribution in [0.4, 0.5) is 0 Å². The Labute approximate surface area is 124 Å². The number of hydrogen-bond donors (Lipinski definition) is 1. The number of hydrogen-bond acceptors (Lipinski definition) is 3. The maximum absolute atomic E-state index is 10.2. The molecule has 1 N–H and O–H groups in total. The molecule has 2 aliphatic rings. The third-order valence-electron chi connectivity index (χ3n) is 5.27. The van der Waals surface area contributed by atoms with Crippen molar-refractivity contribution >= 4 is 0 Å². The summed E-state index contributed by atoms with van der Waals surface area (Å²) in [5, 5.41) is 10.2. The molecule has 2 saturated carbocycles. The molecule has 0 saturated heterocycles. The van der Waals surface area contributed by atoms with Gasteiger partial charge in [0.1, 0.15) is 0 Å². The predicted octanol–water partition coefficient (Wildman–Crippen LogP) is 2.92. The molecule has 0 aromatic heterocycles. The largest absolute Gasteiger partial charge is 0.389 e. The van der Waals surface area contributed by atoms with Crippen LogP contribution in [0.15, 0.2) is 0 Å². The van der Waals surface area contributed by atoms with Gasteiger partial charge in [0.2, 0.25) is 0 Å². The minimum Gasteiger partial charge on any atom is -0.389 e. The molecule has 0 heterocycles. The van der Waals surface area contributed by atoms with Gasteiger partial charge in [0.15, 0.2) is 0 Å². The van der Waals surface area contributed by atoms with Gasteiger partial charge >= 0.3 is 0 Å². The SMILES string of the molecule is CC(C)N(C[C@@H](O)COC[C@H]1C[C@H]2CC[C@H]1C2)C(C)C. The van der Waals surface area contributed by atoms with E-state index in [1.165, 1.54) is 25.7 Å². The van der Waals surface area contributed by atoms with Crippen LogP contribution < -0.4 is 0 Å². The van der Waals surface area contributed by atoms with E-state index < -0.39 is 0 Å². The van der Waals surface area contributed by atoms with Crippen LogP contribution in [0.2, 0.25) is 0 Å². The van der Waals surface area contributed by atoms with Crippen molar-refractivity contribution in [3.63, 3.8) is 0 Å². The summed E-state index contributed by atoms with van der Waals surface area (Å²) in [5.74, 6) is 2.67. The van der Waals surface area contributed by atoms with E-state index in [2.05, 4.69) is 32.6 Å².